The first-order valence-electron chi connectivity index (χ1n) is 7.24. The van der Waals surface area contributed by atoms with Crippen LogP contribution in [0.25, 0.3) is 0 Å². The van der Waals surface area contributed by atoms with Gasteiger partial charge in [-0.2, -0.15) is 10.2 Å². The van der Waals surface area contributed by atoms with E-state index in [4.69, 9.17) is 11.5 Å². The molecule has 0 spiro atoms. The normalized spacial score (nSPS) is 9.68. The summed E-state index contributed by atoms with van der Waals surface area (Å²) in [6.07, 6.45) is 4.04. The summed E-state index contributed by atoms with van der Waals surface area (Å²) in [5, 5.41) is 28.2. The Morgan fingerprint density at radius 3 is 1.44 bits per heavy atom. The Bertz CT molecular complexity index is 649. The van der Waals surface area contributed by atoms with Crippen LogP contribution in [-0.4, -0.2) is 29.4 Å². The lowest BCUT2D eigenvalue weighted by molar-refractivity contribution is -0.384. The highest BCUT2D eigenvalue weighted by Crippen LogP contribution is 2.20. The van der Waals surface area contributed by atoms with Crippen molar-refractivity contribution < 1.29 is 9.85 Å². The van der Waals surface area contributed by atoms with E-state index in [1.54, 1.807) is 0 Å². The van der Waals surface area contributed by atoms with Crippen molar-refractivity contribution in [3.05, 3.63) is 32.6 Å². The smallest absolute Gasteiger partial charge is 0.330 e. The highest BCUT2D eigenvalue weighted by atomic mass is 16.6. The Kier molecular flexibility index (Phi) is 8.55. The van der Waals surface area contributed by atoms with Crippen molar-refractivity contribution in [3.63, 3.8) is 0 Å². The standard InChI is InChI=1S/2C6H10N4O2.H3N/c2*1-2-3-9-6(7)5(4-8-9)10(11)12;/h2*4H,2-3,7H2,1H3;1H3. The van der Waals surface area contributed by atoms with Crippen molar-refractivity contribution in [2.75, 3.05) is 11.5 Å². The lowest BCUT2D eigenvalue weighted by Crippen LogP contribution is -2.04. The van der Waals surface area contributed by atoms with Crippen LogP contribution in [0.5, 0.6) is 0 Å². The molecular formula is C12H23N9O4. The van der Waals surface area contributed by atoms with Crippen LogP contribution in [0.15, 0.2) is 12.4 Å². The van der Waals surface area contributed by atoms with Gasteiger partial charge in [0.15, 0.2) is 0 Å². The molecule has 0 aliphatic heterocycles. The van der Waals surface area contributed by atoms with Gasteiger partial charge in [-0.05, 0) is 12.8 Å². The van der Waals surface area contributed by atoms with Gasteiger partial charge in [-0.15, -0.1) is 0 Å². The van der Waals surface area contributed by atoms with E-state index < -0.39 is 9.85 Å². The Labute approximate surface area is 143 Å². The third kappa shape index (κ3) is 5.42. The number of nitro groups is 2. The third-order valence-corrected chi connectivity index (χ3v) is 2.98. The maximum Gasteiger partial charge on any atom is 0.330 e. The maximum atomic E-state index is 10.3. The fraction of sp³-hybridized carbons (Fsp3) is 0.500. The Morgan fingerprint density at radius 2 is 1.24 bits per heavy atom. The predicted octanol–water partition coefficient (Wildman–Crippen LogP) is 1.73. The van der Waals surface area contributed by atoms with Crippen molar-refractivity contribution in [1.29, 1.82) is 0 Å². The summed E-state index contributed by atoms with van der Waals surface area (Å²) in [7, 11) is 0. The molecule has 0 aliphatic carbocycles. The number of aromatic nitrogens is 4. The summed E-state index contributed by atoms with van der Waals surface area (Å²) in [5.41, 5.74) is 10.7. The Morgan fingerprint density at radius 1 is 0.920 bits per heavy atom. The molecule has 0 aromatic carbocycles. The Hall–Kier alpha value is -3.22. The molecule has 13 nitrogen and oxygen atoms in total. The van der Waals surface area contributed by atoms with Crippen LogP contribution in [0, 0.1) is 20.2 Å². The van der Waals surface area contributed by atoms with Crippen molar-refractivity contribution >= 4 is 23.0 Å². The van der Waals surface area contributed by atoms with E-state index in [9.17, 15) is 20.2 Å². The van der Waals surface area contributed by atoms with Crippen LogP contribution < -0.4 is 17.6 Å². The zero-order chi connectivity index (χ0) is 18.3. The number of hydrogen-bond donors (Lipinski definition) is 3. The third-order valence-electron chi connectivity index (χ3n) is 2.98. The van der Waals surface area contributed by atoms with E-state index in [0.29, 0.717) is 13.1 Å². The molecule has 2 aromatic rings. The highest BCUT2D eigenvalue weighted by molar-refractivity contribution is 5.51. The van der Waals surface area contributed by atoms with Gasteiger partial charge in [0.25, 0.3) is 0 Å². The summed E-state index contributed by atoms with van der Waals surface area (Å²) >= 11 is 0. The van der Waals surface area contributed by atoms with Crippen LogP contribution >= 0.6 is 0 Å². The minimum Gasteiger partial charge on any atom is -0.378 e. The average molecular weight is 357 g/mol. The zero-order valence-corrected chi connectivity index (χ0v) is 14.2. The van der Waals surface area contributed by atoms with Crippen LogP contribution in [0.4, 0.5) is 23.0 Å². The number of nitrogens with two attached hydrogens (primary N) is 2. The fourth-order valence-electron chi connectivity index (χ4n) is 1.83. The van der Waals surface area contributed by atoms with E-state index in [1.165, 1.54) is 21.8 Å². The molecule has 0 atom stereocenters. The van der Waals surface area contributed by atoms with Crippen LogP contribution in [0.3, 0.4) is 0 Å². The van der Waals surface area contributed by atoms with E-state index in [2.05, 4.69) is 10.2 Å². The molecule has 2 aromatic heterocycles. The molecule has 0 radical (unpaired) electrons. The molecule has 7 N–H and O–H groups in total. The second kappa shape index (κ2) is 9.82. The molecule has 0 amide bonds. The molecule has 140 valence electrons. The number of nitrogen functional groups attached to an aromatic ring is 2. The largest absolute Gasteiger partial charge is 0.378 e. The van der Waals surface area contributed by atoms with Gasteiger partial charge in [-0.25, -0.2) is 9.36 Å². The zero-order valence-electron chi connectivity index (χ0n) is 14.2. The lowest BCUT2D eigenvalue weighted by atomic mass is 10.5. The first kappa shape index (κ1) is 21.8. The molecule has 25 heavy (non-hydrogen) atoms. The second-order valence-electron chi connectivity index (χ2n) is 4.79. The minimum atomic E-state index is -0.533. The summed E-state index contributed by atoms with van der Waals surface area (Å²) in [6, 6.07) is 0. The molecule has 0 saturated carbocycles. The lowest BCUT2D eigenvalue weighted by Gasteiger charge is -1.98. The number of hydrogen-bond acceptors (Lipinski definition) is 9. The van der Waals surface area contributed by atoms with Gasteiger partial charge in [-0.1, -0.05) is 13.8 Å². The average Bonchev–Trinajstić information content (AvgIpc) is 3.05. The van der Waals surface area contributed by atoms with Crippen LogP contribution in [-0.2, 0) is 13.1 Å². The monoisotopic (exact) mass is 357 g/mol. The van der Waals surface area contributed by atoms with Gasteiger partial charge in [0, 0.05) is 13.1 Å². The van der Waals surface area contributed by atoms with Crippen molar-refractivity contribution in [1.82, 2.24) is 25.7 Å². The van der Waals surface area contributed by atoms with Gasteiger partial charge >= 0.3 is 11.4 Å². The summed E-state index contributed by atoms with van der Waals surface area (Å²) in [6.45, 7) is 5.12. The summed E-state index contributed by atoms with van der Waals surface area (Å²) in [4.78, 5) is 19.6. The molecule has 0 fully saturated rings. The molecule has 0 saturated heterocycles. The van der Waals surface area contributed by atoms with Crippen molar-refractivity contribution in [3.8, 4) is 0 Å². The maximum absolute atomic E-state index is 10.3. The van der Waals surface area contributed by atoms with Gasteiger partial charge in [0.1, 0.15) is 12.4 Å². The summed E-state index contributed by atoms with van der Waals surface area (Å²) < 4.78 is 2.86. The van der Waals surface area contributed by atoms with Crippen LogP contribution in [0.1, 0.15) is 26.7 Å². The van der Waals surface area contributed by atoms with Crippen molar-refractivity contribution in [2.45, 2.75) is 39.8 Å². The molecule has 0 bridgehead atoms. The van der Waals surface area contributed by atoms with Gasteiger partial charge < -0.3 is 17.6 Å². The van der Waals surface area contributed by atoms with Gasteiger partial charge in [0.2, 0.25) is 11.6 Å². The number of anilines is 2. The van der Waals surface area contributed by atoms with Gasteiger partial charge in [0.05, 0.1) is 9.85 Å². The van der Waals surface area contributed by atoms with E-state index in [1.807, 2.05) is 13.8 Å². The van der Waals surface area contributed by atoms with Gasteiger partial charge in [-0.3, -0.25) is 20.2 Å². The highest BCUT2D eigenvalue weighted by Gasteiger charge is 2.17. The van der Waals surface area contributed by atoms with Crippen LogP contribution in [0.2, 0.25) is 0 Å². The molecule has 13 heteroatoms. The number of nitrogens with zero attached hydrogens (tertiary/aromatic N) is 6. The molecule has 2 rings (SSSR count). The predicted molar refractivity (Wildman–Crippen MR) is 92.2 cm³/mol. The first-order valence-corrected chi connectivity index (χ1v) is 7.24. The van der Waals surface area contributed by atoms with E-state index >= 15 is 0 Å². The SMILES string of the molecule is CCCn1ncc([N+](=O)[O-])c1N.CCCn1ncc([N+](=O)[O-])c1N.N. The number of rotatable bonds is 6. The first-order chi connectivity index (χ1) is 11.3. The number of aryl methyl sites for hydroxylation is 2. The topological polar surface area (TPSA) is 209 Å². The quantitative estimate of drug-likeness (QED) is 0.506. The van der Waals surface area contributed by atoms with Crippen molar-refractivity contribution in [2.24, 2.45) is 0 Å². The minimum absolute atomic E-state index is 0. The second-order valence-corrected chi connectivity index (χ2v) is 4.79. The fourth-order valence-corrected chi connectivity index (χ4v) is 1.83. The summed E-state index contributed by atoms with van der Waals surface area (Å²) in [5.74, 6) is 0.253. The molecule has 0 aliphatic rings. The van der Waals surface area contributed by atoms with E-state index in [-0.39, 0.29) is 29.2 Å². The molecule has 0 unspecified atom stereocenters. The molecule has 2 heterocycles. The molecular weight excluding hydrogens is 334 g/mol. The van der Waals surface area contributed by atoms with E-state index in [0.717, 1.165) is 12.8 Å². The Balaban J connectivity index is 0.000000443.